The Bertz CT molecular complexity index is 1210. The lowest BCUT2D eigenvalue weighted by Gasteiger charge is -2.44. The van der Waals surface area contributed by atoms with Crippen molar-refractivity contribution in [3.63, 3.8) is 0 Å². The molecule has 0 aliphatic heterocycles. The maximum Gasteiger partial charge on any atom is 0.337 e. The van der Waals surface area contributed by atoms with Crippen molar-refractivity contribution in [2.75, 3.05) is 18.4 Å². The molecule has 0 bridgehead atoms. The maximum atomic E-state index is 12.6. The van der Waals surface area contributed by atoms with Crippen LogP contribution in [0.3, 0.4) is 0 Å². The van der Waals surface area contributed by atoms with Crippen LogP contribution >= 0.6 is 11.6 Å². The summed E-state index contributed by atoms with van der Waals surface area (Å²) in [5.41, 5.74) is -0.680. The Morgan fingerprint density at radius 3 is 2.28 bits per heavy atom. The van der Waals surface area contributed by atoms with Crippen molar-refractivity contribution in [2.24, 2.45) is 0 Å². The van der Waals surface area contributed by atoms with E-state index in [1.807, 2.05) is 19.1 Å². The van der Waals surface area contributed by atoms with Crippen LogP contribution in [0, 0.1) is 0 Å². The fourth-order valence-electron chi connectivity index (χ4n) is 4.22. The second kappa shape index (κ2) is 8.73. The average molecular weight is 479 g/mol. The van der Waals surface area contributed by atoms with Gasteiger partial charge < -0.3 is 10.0 Å². The zero-order chi connectivity index (χ0) is 23.8. The van der Waals surface area contributed by atoms with Crippen molar-refractivity contribution in [3.8, 4) is 0 Å². The number of thiol groups is 1. The van der Waals surface area contributed by atoms with E-state index in [9.17, 15) is 18.3 Å². The molecule has 0 fully saturated rings. The third kappa shape index (κ3) is 3.85. The van der Waals surface area contributed by atoms with E-state index in [1.54, 1.807) is 48.9 Å². The Hall–Kier alpha value is -2.62. The van der Waals surface area contributed by atoms with Crippen molar-refractivity contribution in [3.05, 3.63) is 59.2 Å². The highest BCUT2D eigenvalue weighted by Crippen LogP contribution is 2.43. The van der Waals surface area contributed by atoms with Crippen LogP contribution in [0.1, 0.15) is 32.8 Å². The molecule has 0 saturated heterocycles. The molecule has 10 heteroatoms. The molecule has 172 valence electrons. The number of carbonyl (C=O) groups is 1. The molecule has 1 unspecified atom stereocenters. The zero-order valence-corrected chi connectivity index (χ0v) is 20.3. The van der Waals surface area contributed by atoms with Crippen LogP contribution in [-0.4, -0.2) is 53.9 Å². The third-order valence-electron chi connectivity index (χ3n) is 5.75. The van der Waals surface area contributed by atoms with Crippen LogP contribution < -0.4 is 4.31 Å². The summed E-state index contributed by atoms with van der Waals surface area (Å²) in [6.45, 7) is 5.36. The first-order valence-electron chi connectivity index (χ1n) is 10.1. The van der Waals surface area contributed by atoms with Gasteiger partial charge in [0.1, 0.15) is 5.54 Å². The predicted octanol–water partition coefficient (Wildman–Crippen LogP) is 3.63. The molecule has 8 nitrogen and oxygen atoms in total. The molecular weight excluding hydrogens is 452 g/mol. The molecule has 1 atom stereocenters. The number of hydrogen-bond donors (Lipinski definition) is 2. The van der Waals surface area contributed by atoms with E-state index in [0.717, 1.165) is 9.87 Å². The number of halogens is 1. The summed E-state index contributed by atoms with van der Waals surface area (Å²) in [7, 11) is -0.275. The first kappa shape index (κ1) is 24.0. The highest BCUT2D eigenvalue weighted by molar-refractivity contribution is 7.75. The van der Waals surface area contributed by atoms with Crippen LogP contribution in [0.15, 0.2) is 48.7 Å². The van der Waals surface area contributed by atoms with Crippen LogP contribution in [-0.2, 0) is 16.4 Å². The van der Waals surface area contributed by atoms with Gasteiger partial charge in [0.2, 0.25) is 10.9 Å². The molecule has 2 amide bonds. The number of aromatic nitrogens is 2. The minimum atomic E-state index is -3.24. The zero-order valence-electron chi connectivity index (χ0n) is 18.6. The normalized spacial score (nSPS) is 13.9. The van der Waals surface area contributed by atoms with Crippen molar-refractivity contribution < 1.29 is 18.3 Å². The van der Waals surface area contributed by atoms with Gasteiger partial charge in [0.15, 0.2) is 0 Å². The Morgan fingerprint density at radius 1 is 1.16 bits per heavy atom. The number of amides is 2. The molecule has 0 aliphatic rings. The van der Waals surface area contributed by atoms with E-state index >= 15 is 0 Å². The number of hydrogen-bond acceptors (Lipinski definition) is 5. The molecule has 0 aliphatic carbocycles. The average Bonchev–Trinajstić information content (AvgIpc) is 3.14. The fourth-order valence-corrected chi connectivity index (χ4v) is 5.02. The van der Waals surface area contributed by atoms with Crippen LogP contribution in [0.4, 0.5) is 10.5 Å². The molecule has 32 heavy (non-hydrogen) atoms. The summed E-state index contributed by atoms with van der Waals surface area (Å²) in [6, 6.07) is 11.5. The van der Waals surface area contributed by atoms with Gasteiger partial charge in [-0.05, 0) is 50.1 Å². The molecule has 1 aromatic heterocycles. The number of aliphatic hydroxyl groups is 1. The largest absolute Gasteiger partial charge is 0.388 e. The lowest BCUT2D eigenvalue weighted by atomic mass is 9.74. The molecule has 0 spiro atoms. The molecular formula is C22H27ClN4O4S. The standard InChI is InChI=1S/C22H27ClN4O4S/c1-6-22(21(2,3)29,15-10-12-16(23)13-11-15)27-19-9-7-8-18(17(19)14-24-27)26(32(30)31)20(28)25(4)5/h7-14,29,32H,6H2,1-5H3. The molecule has 1 N–H and O–H groups in total. The van der Waals surface area contributed by atoms with E-state index in [-0.39, 0.29) is 5.69 Å². The Balaban J connectivity index is 2.34. The monoisotopic (exact) mass is 478 g/mol. The molecule has 1 heterocycles. The van der Waals surface area contributed by atoms with E-state index in [4.69, 9.17) is 11.6 Å². The van der Waals surface area contributed by atoms with Gasteiger partial charge in [0, 0.05) is 24.5 Å². The van der Waals surface area contributed by atoms with Crippen LogP contribution in [0.5, 0.6) is 0 Å². The summed E-state index contributed by atoms with van der Waals surface area (Å²) >= 11 is 6.10. The quantitative estimate of drug-likeness (QED) is 0.527. The fraction of sp³-hybridized carbons (Fsp3) is 0.364. The lowest BCUT2D eigenvalue weighted by Crippen LogP contribution is -2.53. The second-order valence-electron chi connectivity index (χ2n) is 8.27. The van der Waals surface area contributed by atoms with Gasteiger partial charge in [0.25, 0.3) is 0 Å². The topological polar surface area (TPSA) is 95.7 Å². The summed E-state index contributed by atoms with van der Waals surface area (Å²) < 4.78 is 26.4. The van der Waals surface area contributed by atoms with Gasteiger partial charge in [0.05, 0.1) is 23.0 Å². The SMILES string of the molecule is CCC(c1ccc(Cl)cc1)(n1ncc2c(N(C(=O)N(C)C)[SH](=O)=O)cccc21)C(C)(C)O. The number of carbonyl (C=O) groups excluding carboxylic acids is 1. The summed E-state index contributed by atoms with van der Waals surface area (Å²) in [5.74, 6) is 0. The van der Waals surface area contributed by atoms with Crippen molar-refractivity contribution >= 4 is 45.1 Å². The minimum Gasteiger partial charge on any atom is -0.388 e. The lowest BCUT2D eigenvalue weighted by molar-refractivity contribution is -0.0297. The van der Waals surface area contributed by atoms with Gasteiger partial charge in [-0.15, -0.1) is 0 Å². The number of nitrogens with zero attached hydrogens (tertiary/aromatic N) is 4. The number of benzene rings is 2. The summed E-state index contributed by atoms with van der Waals surface area (Å²) in [5, 5.41) is 17.0. The Kier molecular flexibility index (Phi) is 6.55. The van der Waals surface area contributed by atoms with E-state index in [2.05, 4.69) is 5.10 Å². The van der Waals surface area contributed by atoms with E-state index in [0.29, 0.717) is 22.3 Å². The van der Waals surface area contributed by atoms with Crippen LogP contribution in [0.2, 0.25) is 5.02 Å². The maximum absolute atomic E-state index is 12.6. The summed E-state index contributed by atoms with van der Waals surface area (Å²) in [6.07, 6.45) is 2.00. The smallest absolute Gasteiger partial charge is 0.337 e. The highest BCUT2D eigenvalue weighted by Gasteiger charge is 2.47. The van der Waals surface area contributed by atoms with Crippen molar-refractivity contribution in [1.29, 1.82) is 0 Å². The molecule has 3 aromatic rings. The van der Waals surface area contributed by atoms with E-state index in [1.165, 1.54) is 25.2 Å². The first-order chi connectivity index (χ1) is 15.0. The Labute approximate surface area is 194 Å². The number of fused-ring (bicyclic) bond motifs is 1. The molecule has 0 saturated carbocycles. The Morgan fingerprint density at radius 2 is 1.78 bits per heavy atom. The van der Waals surface area contributed by atoms with Gasteiger partial charge >= 0.3 is 6.03 Å². The van der Waals surface area contributed by atoms with Crippen LogP contribution in [0.25, 0.3) is 10.9 Å². The molecule has 0 radical (unpaired) electrons. The second-order valence-corrected chi connectivity index (χ2v) is 9.58. The first-order valence-corrected chi connectivity index (χ1v) is 11.6. The van der Waals surface area contributed by atoms with Gasteiger partial charge in [-0.3, -0.25) is 4.68 Å². The predicted molar refractivity (Wildman–Crippen MR) is 127 cm³/mol. The third-order valence-corrected chi connectivity index (χ3v) is 6.72. The van der Waals surface area contributed by atoms with Gasteiger partial charge in [-0.1, -0.05) is 36.7 Å². The van der Waals surface area contributed by atoms with Gasteiger partial charge in [-0.25, -0.2) is 13.2 Å². The number of anilines is 1. The number of urea groups is 1. The van der Waals surface area contributed by atoms with Gasteiger partial charge in [-0.2, -0.15) is 9.40 Å². The molecule has 2 aromatic carbocycles. The summed E-state index contributed by atoms with van der Waals surface area (Å²) in [4.78, 5) is 13.8. The minimum absolute atomic E-state index is 0.195. The highest BCUT2D eigenvalue weighted by atomic mass is 35.5. The van der Waals surface area contributed by atoms with E-state index < -0.39 is 28.1 Å². The molecule has 3 rings (SSSR count). The number of rotatable bonds is 6. The van der Waals surface area contributed by atoms with Crippen molar-refractivity contribution in [2.45, 2.75) is 38.3 Å². The van der Waals surface area contributed by atoms with Crippen molar-refractivity contribution in [1.82, 2.24) is 14.7 Å².